The molecule has 2 heterocycles. The van der Waals surface area contributed by atoms with E-state index < -0.39 is 0 Å². The number of amides is 1. The van der Waals surface area contributed by atoms with Crippen LogP contribution in [-0.4, -0.2) is 42.0 Å². The summed E-state index contributed by atoms with van der Waals surface area (Å²) in [5, 5.41) is 0. The summed E-state index contributed by atoms with van der Waals surface area (Å²) in [5.74, 6) is 0.635. The number of pyridine rings is 1. The molecule has 5 nitrogen and oxygen atoms in total. The van der Waals surface area contributed by atoms with Gasteiger partial charge in [0.05, 0.1) is 11.9 Å². The minimum atomic E-state index is 0.110. The number of anilines is 2. The van der Waals surface area contributed by atoms with E-state index in [-0.39, 0.29) is 5.91 Å². The second-order valence-corrected chi connectivity index (χ2v) is 5.59. The Kier molecular flexibility index (Phi) is 3.96. The molecule has 0 aliphatic carbocycles. The van der Waals surface area contributed by atoms with Gasteiger partial charge in [-0.1, -0.05) is 17.7 Å². The minimum Gasteiger partial charge on any atom is -0.384 e. The normalized spacial score (nSPS) is 15.0. The molecule has 0 saturated carbocycles. The SMILES string of the molecule is Cc1cccc(C(=O)N2CCN(c3ccc(N)nc3)CC2)c1. The molecule has 1 fully saturated rings. The Bertz CT molecular complexity index is 661. The summed E-state index contributed by atoms with van der Waals surface area (Å²) in [5.41, 5.74) is 8.54. The van der Waals surface area contributed by atoms with Crippen LogP contribution in [0.1, 0.15) is 15.9 Å². The van der Waals surface area contributed by atoms with Crippen molar-refractivity contribution in [1.29, 1.82) is 0 Å². The molecule has 1 aliphatic rings. The highest BCUT2D eigenvalue weighted by molar-refractivity contribution is 5.94. The predicted octanol–water partition coefficient (Wildman–Crippen LogP) is 1.93. The number of nitrogen functional groups attached to an aromatic ring is 1. The van der Waals surface area contributed by atoms with E-state index >= 15 is 0 Å². The fourth-order valence-electron chi connectivity index (χ4n) is 2.71. The third-order valence-corrected chi connectivity index (χ3v) is 3.97. The molecule has 1 aliphatic heterocycles. The van der Waals surface area contributed by atoms with Gasteiger partial charge in [0, 0.05) is 31.7 Å². The molecule has 0 bridgehead atoms. The topological polar surface area (TPSA) is 62.5 Å². The van der Waals surface area contributed by atoms with Crippen LogP contribution in [0.4, 0.5) is 11.5 Å². The van der Waals surface area contributed by atoms with Gasteiger partial charge in [-0.2, -0.15) is 0 Å². The van der Waals surface area contributed by atoms with Crippen molar-refractivity contribution in [3.8, 4) is 0 Å². The molecular formula is C17H20N4O. The average molecular weight is 296 g/mol. The zero-order valence-electron chi connectivity index (χ0n) is 12.7. The van der Waals surface area contributed by atoms with Crippen molar-refractivity contribution < 1.29 is 4.79 Å². The molecule has 1 aromatic carbocycles. The van der Waals surface area contributed by atoms with Crippen molar-refractivity contribution in [2.75, 3.05) is 36.8 Å². The van der Waals surface area contributed by atoms with E-state index in [1.807, 2.05) is 42.2 Å². The zero-order chi connectivity index (χ0) is 15.5. The quantitative estimate of drug-likeness (QED) is 0.920. The second-order valence-electron chi connectivity index (χ2n) is 5.59. The van der Waals surface area contributed by atoms with Crippen molar-refractivity contribution in [3.05, 3.63) is 53.7 Å². The number of aryl methyl sites for hydroxylation is 1. The highest BCUT2D eigenvalue weighted by Crippen LogP contribution is 2.17. The van der Waals surface area contributed by atoms with Crippen LogP contribution < -0.4 is 10.6 Å². The van der Waals surface area contributed by atoms with Crippen LogP contribution in [0.3, 0.4) is 0 Å². The number of piperazine rings is 1. The predicted molar refractivity (Wildman–Crippen MR) is 87.9 cm³/mol. The fraction of sp³-hybridized carbons (Fsp3) is 0.294. The Morgan fingerprint density at radius 2 is 1.91 bits per heavy atom. The first-order valence-corrected chi connectivity index (χ1v) is 7.46. The molecule has 2 N–H and O–H groups in total. The first kappa shape index (κ1) is 14.4. The smallest absolute Gasteiger partial charge is 0.253 e. The Morgan fingerprint density at radius 1 is 1.14 bits per heavy atom. The number of carbonyl (C=O) groups is 1. The van der Waals surface area contributed by atoms with Crippen LogP contribution in [0.25, 0.3) is 0 Å². The number of hydrogen-bond donors (Lipinski definition) is 1. The summed E-state index contributed by atoms with van der Waals surface area (Å²) >= 11 is 0. The third-order valence-electron chi connectivity index (χ3n) is 3.97. The number of nitrogens with two attached hydrogens (primary N) is 1. The van der Waals surface area contributed by atoms with Crippen molar-refractivity contribution >= 4 is 17.4 Å². The van der Waals surface area contributed by atoms with E-state index in [1.54, 1.807) is 12.3 Å². The number of hydrogen-bond acceptors (Lipinski definition) is 4. The molecule has 0 unspecified atom stereocenters. The van der Waals surface area contributed by atoms with Crippen LogP contribution in [0.15, 0.2) is 42.6 Å². The number of rotatable bonds is 2. The highest BCUT2D eigenvalue weighted by atomic mass is 16.2. The van der Waals surface area contributed by atoms with Crippen LogP contribution in [0, 0.1) is 6.92 Å². The largest absolute Gasteiger partial charge is 0.384 e. The lowest BCUT2D eigenvalue weighted by atomic mass is 10.1. The monoisotopic (exact) mass is 296 g/mol. The number of aromatic nitrogens is 1. The second kappa shape index (κ2) is 6.05. The summed E-state index contributed by atoms with van der Waals surface area (Å²) in [4.78, 5) is 20.8. The maximum absolute atomic E-state index is 12.5. The molecule has 0 atom stereocenters. The van der Waals surface area contributed by atoms with Gasteiger partial charge in [0.1, 0.15) is 5.82 Å². The van der Waals surface area contributed by atoms with Gasteiger partial charge >= 0.3 is 0 Å². The van der Waals surface area contributed by atoms with E-state index in [1.165, 1.54) is 0 Å². The van der Waals surface area contributed by atoms with Gasteiger partial charge in [-0.05, 0) is 31.2 Å². The van der Waals surface area contributed by atoms with Crippen LogP contribution in [0.5, 0.6) is 0 Å². The highest BCUT2D eigenvalue weighted by Gasteiger charge is 2.22. The minimum absolute atomic E-state index is 0.110. The molecular weight excluding hydrogens is 276 g/mol. The summed E-state index contributed by atoms with van der Waals surface area (Å²) in [7, 11) is 0. The van der Waals surface area contributed by atoms with Gasteiger partial charge in [-0.25, -0.2) is 4.98 Å². The first-order valence-electron chi connectivity index (χ1n) is 7.46. The van der Waals surface area contributed by atoms with Crippen molar-refractivity contribution in [2.45, 2.75) is 6.92 Å². The van der Waals surface area contributed by atoms with E-state index in [2.05, 4.69) is 9.88 Å². The van der Waals surface area contributed by atoms with E-state index in [0.29, 0.717) is 5.82 Å². The fourth-order valence-corrected chi connectivity index (χ4v) is 2.71. The van der Waals surface area contributed by atoms with E-state index in [0.717, 1.165) is 43.0 Å². The van der Waals surface area contributed by atoms with Gasteiger partial charge in [0.25, 0.3) is 5.91 Å². The maximum Gasteiger partial charge on any atom is 0.253 e. The zero-order valence-corrected chi connectivity index (χ0v) is 12.7. The standard InChI is InChI=1S/C17H20N4O/c1-13-3-2-4-14(11-13)17(22)21-9-7-20(8-10-21)15-5-6-16(18)19-12-15/h2-6,11-12H,7-10H2,1H3,(H2,18,19). The van der Waals surface area contributed by atoms with Crippen LogP contribution in [-0.2, 0) is 0 Å². The summed E-state index contributed by atoms with van der Waals surface area (Å²) < 4.78 is 0. The van der Waals surface area contributed by atoms with Crippen molar-refractivity contribution in [3.63, 3.8) is 0 Å². The number of nitrogens with zero attached hydrogens (tertiary/aromatic N) is 3. The summed E-state index contributed by atoms with van der Waals surface area (Å²) in [6, 6.07) is 11.5. The number of benzene rings is 1. The lowest BCUT2D eigenvalue weighted by molar-refractivity contribution is 0.0746. The van der Waals surface area contributed by atoms with Gasteiger partial charge in [-0.15, -0.1) is 0 Å². The van der Waals surface area contributed by atoms with Crippen LogP contribution in [0.2, 0.25) is 0 Å². The molecule has 22 heavy (non-hydrogen) atoms. The molecule has 1 aromatic heterocycles. The summed E-state index contributed by atoms with van der Waals surface area (Å²) in [6.07, 6.45) is 1.79. The van der Waals surface area contributed by atoms with Gasteiger partial charge in [0.15, 0.2) is 0 Å². The lowest BCUT2D eigenvalue weighted by Gasteiger charge is -2.36. The molecule has 2 aromatic rings. The molecule has 5 heteroatoms. The molecule has 0 radical (unpaired) electrons. The van der Waals surface area contributed by atoms with Gasteiger partial charge in [0.2, 0.25) is 0 Å². The molecule has 1 amide bonds. The van der Waals surface area contributed by atoms with Crippen LogP contribution >= 0.6 is 0 Å². The Labute approximate surface area is 130 Å². The van der Waals surface area contributed by atoms with E-state index in [4.69, 9.17) is 5.73 Å². The Morgan fingerprint density at radius 3 is 2.55 bits per heavy atom. The maximum atomic E-state index is 12.5. The average Bonchev–Trinajstić information content (AvgIpc) is 2.55. The Balaban J connectivity index is 1.64. The summed E-state index contributed by atoms with van der Waals surface area (Å²) in [6.45, 7) is 5.06. The molecule has 0 spiro atoms. The van der Waals surface area contributed by atoms with Crippen molar-refractivity contribution in [2.24, 2.45) is 0 Å². The lowest BCUT2D eigenvalue weighted by Crippen LogP contribution is -2.48. The molecule has 114 valence electrons. The van der Waals surface area contributed by atoms with Gasteiger partial charge < -0.3 is 15.5 Å². The Hall–Kier alpha value is -2.56. The molecule has 3 rings (SSSR count). The van der Waals surface area contributed by atoms with Crippen molar-refractivity contribution in [1.82, 2.24) is 9.88 Å². The van der Waals surface area contributed by atoms with Gasteiger partial charge in [-0.3, -0.25) is 4.79 Å². The first-order chi connectivity index (χ1) is 10.6. The van der Waals surface area contributed by atoms with E-state index in [9.17, 15) is 4.79 Å². The third kappa shape index (κ3) is 3.03. The molecule has 1 saturated heterocycles. The number of carbonyl (C=O) groups excluding carboxylic acids is 1.